The van der Waals surface area contributed by atoms with Crippen LogP contribution in [0.15, 0.2) is 78.9 Å². The molecule has 1 amide bonds. The predicted molar refractivity (Wildman–Crippen MR) is 112 cm³/mol. The average Bonchev–Trinajstić information content (AvgIpc) is 2.74. The van der Waals surface area contributed by atoms with Crippen LogP contribution in [0.25, 0.3) is 0 Å². The normalized spacial score (nSPS) is 12.8. The molecule has 29 heavy (non-hydrogen) atoms. The van der Waals surface area contributed by atoms with Gasteiger partial charge in [-0.1, -0.05) is 66.7 Å². The first-order valence-electron chi connectivity index (χ1n) is 9.46. The van der Waals surface area contributed by atoms with Crippen LogP contribution in [0.4, 0.5) is 11.4 Å². The van der Waals surface area contributed by atoms with Gasteiger partial charge >= 0.3 is 0 Å². The summed E-state index contributed by atoms with van der Waals surface area (Å²) >= 11 is 0. The van der Waals surface area contributed by atoms with E-state index in [0.717, 1.165) is 16.7 Å². The van der Waals surface area contributed by atoms with Crippen molar-refractivity contribution in [2.75, 3.05) is 5.32 Å². The number of hydrogen-bond donors (Lipinski definition) is 2. The highest BCUT2D eigenvalue weighted by Crippen LogP contribution is 2.26. The number of rotatable bonds is 7. The molecule has 148 valence electrons. The number of benzene rings is 3. The molecular weight excluding hydrogens is 366 g/mol. The number of nitrogens with zero attached hydrogens (tertiary/aromatic N) is 1. The number of carbonyl (C=O) groups excluding carboxylic acids is 1. The van der Waals surface area contributed by atoms with Crippen LogP contribution in [-0.2, 0) is 4.79 Å². The van der Waals surface area contributed by atoms with Crippen molar-refractivity contribution in [3.05, 3.63) is 106 Å². The van der Waals surface area contributed by atoms with Crippen LogP contribution >= 0.6 is 0 Å². The predicted octanol–water partition coefficient (Wildman–Crippen LogP) is 3.91. The molecule has 0 spiro atoms. The lowest BCUT2D eigenvalue weighted by Gasteiger charge is -2.20. The molecule has 0 aromatic heterocycles. The summed E-state index contributed by atoms with van der Waals surface area (Å²) < 4.78 is 0. The molecule has 3 aromatic rings. The molecule has 3 aromatic carbocycles. The molecule has 0 aliphatic carbocycles. The van der Waals surface area contributed by atoms with Gasteiger partial charge in [0.25, 0.3) is 11.6 Å². The number of nitro benzene ring substituents is 1. The maximum absolute atomic E-state index is 13.2. The quantitative estimate of drug-likeness (QED) is 0.473. The zero-order chi connectivity index (χ0) is 20.8. The van der Waals surface area contributed by atoms with Crippen molar-refractivity contribution in [1.82, 2.24) is 0 Å². The van der Waals surface area contributed by atoms with Gasteiger partial charge < -0.3 is 10.6 Å². The van der Waals surface area contributed by atoms with Crippen LogP contribution in [0.1, 0.15) is 35.7 Å². The minimum atomic E-state index is -0.549. The zero-order valence-electron chi connectivity index (χ0n) is 16.4. The Hall–Kier alpha value is -3.51. The molecule has 6 heteroatoms. The summed E-state index contributed by atoms with van der Waals surface area (Å²) in [6, 6.07) is 23.6. The number of anilines is 1. The molecule has 0 bridgehead atoms. The van der Waals surface area contributed by atoms with Gasteiger partial charge in [-0.05, 0) is 25.5 Å². The minimum Gasteiger partial charge on any atom is -0.326 e. The second-order valence-corrected chi connectivity index (χ2v) is 7.05. The number of nitro groups is 1. The number of quaternary nitrogens is 1. The van der Waals surface area contributed by atoms with Gasteiger partial charge in [0.15, 0.2) is 6.04 Å². The monoisotopic (exact) mass is 390 g/mol. The molecule has 0 fully saturated rings. The maximum Gasteiger partial charge on any atom is 0.293 e. The lowest BCUT2D eigenvalue weighted by Crippen LogP contribution is -2.87. The Morgan fingerprint density at radius 3 is 2.14 bits per heavy atom. The van der Waals surface area contributed by atoms with E-state index in [2.05, 4.69) is 5.32 Å². The van der Waals surface area contributed by atoms with Crippen molar-refractivity contribution in [3.63, 3.8) is 0 Å². The highest BCUT2D eigenvalue weighted by atomic mass is 16.6. The Bertz CT molecular complexity index is 991. The smallest absolute Gasteiger partial charge is 0.293 e. The number of carbonyl (C=O) groups is 1. The van der Waals surface area contributed by atoms with Crippen molar-refractivity contribution < 1.29 is 15.0 Å². The zero-order valence-corrected chi connectivity index (χ0v) is 16.4. The van der Waals surface area contributed by atoms with Gasteiger partial charge in [-0.25, -0.2) is 0 Å². The molecule has 0 saturated carbocycles. The van der Waals surface area contributed by atoms with E-state index in [1.54, 1.807) is 19.1 Å². The molecule has 0 heterocycles. The van der Waals surface area contributed by atoms with Gasteiger partial charge in [0.2, 0.25) is 0 Å². The van der Waals surface area contributed by atoms with Crippen LogP contribution < -0.4 is 10.6 Å². The van der Waals surface area contributed by atoms with E-state index in [9.17, 15) is 14.9 Å². The van der Waals surface area contributed by atoms with Gasteiger partial charge in [0.1, 0.15) is 11.7 Å². The Kier molecular flexibility index (Phi) is 6.36. The second kappa shape index (κ2) is 9.12. The van der Waals surface area contributed by atoms with Gasteiger partial charge in [0.05, 0.1) is 4.92 Å². The third kappa shape index (κ3) is 5.06. The Balaban J connectivity index is 1.89. The second-order valence-electron chi connectivity index (χ2n) is 7.05. The Morgan fingerprint density at radius 2 is 1.55 bits per heavy atom. The summed E-state index contributed by atoms with van der Waals surface area (Å²) in [5.74, 6) is -0.300. The van der Waals surface area contributed by atoms with E-state index in [1.165, 1.54) is 6.07 Å². The molecule has 2 atom stereocenters. The van der Waals surface area contributed by atoms with Crippen LogP contribution in [0.2, 0.25) is 0 Å². The van der Waals surface area contributed by atoms with E-state index >= 15 is 0 Å². The Labute approximate surface area is 169 Å². The standard InChI is InChI=1S/C23H23N3O3/c1-16-13-14-20(21(15-16)26(28)29)25-23(27)22(19-11-7-4-8-12-19)24-17(2)18-9-5-3-6-10-18/h3-15,17,22,24H,1-2H3,(H,25,27)/p+1/t17-,22-/m0/s1. The minimum absolute atomic E-state index is 0.0279. The van der Waals surface area contributed by atoms with Crippen molar-refractivity contribution in [1.29, 1.82) is 0 Å². The van der Waals surface area contributed by atoms with Crippen molar-refractivity contribution in [2.45, 2.75) is 25.9 Å². The van der Waals surface area contributed by atoms with Gasteiger partial charge in [-0.3, -0.25) is 14.9 Å². The lowest BCUT2D eigenvalue weighted by atomic mass is 10.0. The van der Waals surface area contributed by atoms with Crippen LogP contribution in [-0.4, -0.2) is 10.8 Å². The molecule has 0 aliphatic heterocycles. The van der Waals surface area contributed by atoms with Crippen LogP contribution in [0, 0.1) is 17.0 Å². The fourth-order valence-corrected chi connectivity index (χ4v) is 3.28. The topological polar surface area (TPSA) is 88.8 Å². The van der Waals surface area contributed by atoms with E-state index in [4.69, 9.17) is 0 Å². The lowest BCUT2D eigenvalue weighted by molar-refractivity contribution is -0.718. The molecule has 0 unspecified atom stereocenters. The van der Waals surface area contributed by atoms with E-state index < -0.39 is 11.0 Å². The summed E-state index contributed by atoms with van der Waals surface area (Å²) in [6.45, 7) is 3.81. The summed E-state index contributed by atoms with van der Waals surface area (Å²) in [5.41, 5.74) is 2.79. The molecule has 0 aliphatic rings. The molecule has 6 nitrogen and oxygen atoms in total. The number of nitrogens with two attached hydrogens (primary N) is 1. The van der Waals surface area contributed by atoms with Crippen LogP contribution in [0.5, 0.6) is 0 Å². The first-order valence-corrected chi connectivity index (χ1v) is 9.46. The molecular formula is C23H24N3O3+. The highest BCUT2D eigenvalue weighted by molar-refractivity contribution is 5.96. The molecule has 0 saturated heterocycles. The first-order chi connectivity index (χ1) is 14.0. The van der Waals surface area contributed by atoms with Gasteiger partial charge in [-0.15, -0.1) is 0 Å². The number of amides is 1. The third-order valence-corrected chi connectivity index (χ3v) is 4.86. The summed E-state index contributed by atoms with van der Waals surface area (Å²) in [4.78, 5) is 24.1. The van der Waals surface area contributed by atoms with Gasteiger partial charge in [0, 0.05) is 17.2 Å². The number of hydrogen-bond acceptors (Lipinski definition) is 3. The van der Waals surface area contributed by atoms with Crippen molar-refractivity contribution in [3.8, 4) is 0 Å². The fraction of sp³-hybridized carbons (Fsp3) is 0.174. The van der Waals surface area contributed by atoms with E-state index in [-0.39, 0.29) is 23.3 Å². The maximum atomic E-state index is 13.2. The van der Waals surface area contributed by atoms with Crippen molar-refractivity contribution in [2.24, 2.45) is 0 Å². The Morgan fingerprint density at radius 1 is 0.966 bits per heavy atom. The van der Waals surface area contributed by atoms with E-state index in [1.807, 2.05) is 72.9 Å². The van der Waals surface area contributed by atoms with Crippen LogP contribution in [0.3, 0.4) is 0 Å². The van der Waals surface area contributed by atoms with E-state index in [0.29, 0.717) is 0 Å². The third-order valence-electron chi connectivity index (χ3n) is 4.86. The molecule has 3 rings (SSSR count). The SMILES string of the molecule is Cc1ccc(NC(=O)[C@@H]([NH2+][C@@H](C)c2ccccc2)c2ccccc2)c([N+](=O)[O-])c1. The molecule has 3 N–H and O–H groups in total. The van der Waals surface area contributed by atoms with Crippen molar-refractivity contribution >= 4 is 17.3 Å². The largest absolute Gasteiger partial charge is 0.326 e. The average molecular weight is 390 g/mol. The molecule has 0 radical (unpaired) electrons. The summed E-state index contributed by atoms with van der Waals surface area (Å²) in [5, 5.41) is 16.1. The number of aryl methyl sites for hydroxylation is 1. The first kappa shape index (κ1) is 20.2. The summed E-state index contributed by atoms with van der Waals surface area (Å²) in [6.07, 6.45) is 0. The number of nitrogens with one attached hydrogen (secondary N) is 1. The fourth-order valence-electron chi connectivity index (χ4n) is 3.28. The van der Waals surface area contributed by atoms with Gasteiger partial charge in [-0.2, -0.15) is 0 Å². The highest BCUT2D eigenvalue weighted by Gasteiger charge is 2.28. The summed E-state index contributed by atoms with van der Waals surface area (Å²) in [7, 11) is 0.